The third kappa shape index (κ3) is 4.95. The maximum absolute atomic E-state index is 6.70. The maximum atomic E-state index is 6.70. The third-order valence-corrected chi connectivity index (χ3v) is 8.87. The van der Waals surface area contributed by atoms with Crippen molar-refractivity contribution in [3.8, 4) is 56.2 Å². The van der Waals surface area contributed by atoms with Gasteiger partial charge in [-0.2, -0.15) is 0 Å². The summed E-state index contributed by atoms with van der Waals surface area (Å²) in [7, 11) is 0. The molecule has 0 radical (unpaired) electrons. The van der Waals surface area contributed by atoms with Crippen LogP contribution in [0.1, 0.15) is 0 Å². The van der Waals surface area contributed by atoms with Gasteiger partial charge in [0.2, 0.25) is 0 Å². The second-order valence-electron chi connectivity index (χ2n) is 11.8. The largest absolute Gasteiger partial charge is 0.455 e. The van der Waals surface area contributed by atoms with Gasteiger partial charge in [0.15, 0.2) is 5.82 Å². The van der Waals surface area contributed by atoms with Gasteiger partial charge in [-0.25, -0.2) is 9.97 Å². The van der Waals surface area contributed by atoms with Gasteiger partial charge in [0.05, 0.1) is 11.4 Å². The molecule has 0 saturated carbocycles. The average Bonchev–Trinajstić information content (AvgIpc) is 3.51. The Labute approximate surface area is 272 Å². The van der Waals surface area contributed by atoms with Crippen molar-refractivity contribution >= 4 is 32.7 Å². The van der Waals surface area contributed by atoms with Crippen molar-refractivity contribution in [3.05, 3.63) is 170 Å². The van der Waals surface area contributed by atoms with E-state index in [1.165, 1.54) is 16.5 Å². The van der Waals surface area contributed by atoms with Crippen LogP contribution in [0.2, 0.25) is 0 Å². The van der Waals surface area contributed by atoms with Gasteiger partial charge in [-0.05, 0) is 57.8 Å². The van der Waals surface area contributed by atoms with E-state index in [0.29, 0.717) is 5.82 Å². The quantitative estimate of drug-likeness (QED) is 0.197. The van der Waals surface area contributed by atoms with Gasteiger partial charge in [0.1, 0.15) is 11.2 Å². The van der Waals surface area contributed by atoms with E-state index in [1.807, 2.05) is 42.5 Å². The summed E-state index contributed by atoms with van der Waals surface area (Å²) < 4.78 is 6.70. The van der Waals surface area contributed by atoms with Crippen molar-refractivity contribution in [2.45, 2.75) is 0 Å². The van der Waals surface area contributed by atoms with Gasteiger partial charge in [0.25, 0.3) is 0 Å². The first-order chi connectivity index (χ1) is 23.3. The molecular weight excluding hydrogens is 572 g/mol. The van der Waals surface area contributed by atoms with E-state index in [2.05, 4.69) is 127 Å². The molecule has 0 amide bonds. The Hall–Kier alpha value is -6.32. The number of benzene rings is 7. The van der Waals surface area contributed by atoms with Crippen LogP contribution in [-0.4, -0.2) is 9.97 Å². The molecule has 0 spiro atoms. The highest BCUT2D eigenvalue weighted by Crippen LogP contribution is 2.41. The summed E-state index contributed by atoms with van der Waals surface area (Å²) in [6, 6.07) is 59.1. The minimum absolute atomic E-state index is 0.671. The van der Waals surface area contributed by atoms with Crippen molar-refractivity contribution in [2.75, 3.05) is 0 Å². The highest BCUT2D eigenvalue weighted by molar-refractivity contribution is 6.14. The second-order valence-corrected chi connectivity index (χ2v) is 11.8. The lowest BCUT2D eigenvalue weighted by Gasteiger charge is -2.11. The van der Waals surface area contributed by atoms with Crippen LogP contribution in [0.3, 0.4) is 0 Å². The van der Waals surface area contributed by atoms with Crippen molar-refractivity contribution in [2.24, 2.45) is 0 Å². The number of hydrogen-bond acceptors (Lipinski definition) is 3. The van der Waals surface area contributed by atoms with Crippen molar-refractivity contribution in [1.82, 2.24) is 9.97 Å². The van der Waals surface area contributed by atoms with Gasteiger partial charge >= 0.3 is 0 Å². The van der Waals surface area contributed by atoms with Crippen LogP contribution in [0.25, 0.3) is 88.9 Å². The standard InChI is InChI=1S/C44H28N2O/c1-4-12-29(13-5-1)30-20-22-31(23-21-30)37-25-36(26-39-38-24-34-18-10-11-19-35(34)27-42(38)47-43(37)39)44-45-40(32-14-6-2-7-15-32)28-41(46-44)33-16-8-3-9-17-33/h1-28H. The fourth-order valence-corrected chi connectivity index (χ4v) is 6.47. The SMILES string of the molecule is c1ccc(-c2ccc(-c3cc(-c4nc(-c5ccccc5)cc(-c5ccccc5)n4)cc4c3oc3cc5ccccc5cc34)cc2)cc1. The van der Waals surface area contributed by atoms with E-state index in [4.69, 9.17) is 14.4 Å². The number of furan rings is 1. The molecule has 0 saturated heterocycles. The molecule has 0 unspecified atom stereocenters. The molecule has 0 bridgehead atoms. The second kappa shape index (κ2) is 11.2. The van der Waals surface area contributed by atoms with E-state index in [9.17, 15) is 0 Å². The van der Waals surface area contributed by atoms with Crippen LogP contribution in [0.5, 0.6) is 0 Å². The lowest BCUT2D eigenvalue weighted by atomic mass is 9.96. The highest BCUT2D eigenvalue weighted by Gasteiger charge is 2.18. The smallest absolute Gasteiger partial charge is 0.160 e. The zero-order valence-electron chi connectivity index (χ0n) is 25.5. The number of hydrogen-bond donors (Lipinski definition) is 0. The Balaban J connectivity index is 1.30. The topological polar surface area (TPSA) is 38.9 Å². The van der Waals surface area contributed by atoms with E-state index in [1.54, 1.807) is 0 Å². The van der Waals surface area contributed by atoms with Crippen LogP contribution in [-0.2, 0) is 0 Å². The van der Waals surface area contributed by atoms with Gasteiger partial charge in [-0.1, -0.05) is 140 Å². The van der Waals surface area contributed by atoms with Crippen molar-refractivity contribution < 1.29 is 4.42 Å². The molecule has 9 rings (SSSR count). The minimum Gasteiger partial charge on any atom is -0.455 e. The molecule has 2 heterocycles. The molecule has 0 fully saturated rings. The maximum Gasteiger partial charge on any atom is 0.160 e. The normalized spacial score (nSPS) is 11.4. The Morgan fingerprint density at radius 3 is 1.49 bits per heavy atom. The Morgan fingerprint density at radius 1 is 0.362 bits per heavy atom. The summed E-state index contributed by atoms with van der Waals surface area (Å²) in [6.07, 6.45) is 0. The molecule has 0 aliphatic carbocycles. The first-order valence-corrected chi connectivity index (χ1v) is 15.8. The Kier molecular flexibility index (Phi) is 6.46. The summed E-state index contributed by atoms with van der Waals surface area (Å²) in [4.78, 5) is 10.3. The third-order valence-electron chi connectivity index (χ3n) is 8.87. The molecule has 3 heteroatoms. The van der Waals surface area contributed by atoms with Crippen molar-refractivity contribution in [3.63, 3.8) is 0 Å². The van der Waals surface area contributed by atoms with E-state index in [-0.39, 0.29) is 0 Å². The Bertz CT molecular complexity index is 2480. The molecule has 0 atom stereocenters. The first kappa shape index (κ1) is 27.0. The monoisotopic (exact) mass is 600 g/mol. The predicted molar refractivity (Wildman–Crippen MR) is 194 cm³/mol. The number of nitrogens with zero attached hydrogens (tertiary/aromatic N) is 2. The molecule has 3 nitrogen and oxygen atoms in total. The van der Waals surface area contributed by atoms with Crippen LogP contribution in [0.15, 0.2) is 174 Å². The lowest BCUT2D eigenvalue weighted by Crippen LogP contribution is -1.96. The van der Waals surface area contributed by atoms with Gasteiger partial charge in [-0.15, -0.1) is 0 Å². The molecule has 7 aromatic carbocycles. The number of fused-ring (bicyclic) bond motifs is 4. The molecule has 2 aromatic heterocycles. The fourth-order valence-electron chi connectivity index (χ4n) is 6.47. The van der Waals surface area contributed by atoms with Gasteiger partial charge in [0, 0.05) is 33.0 Å². The number of rotatable bonds is 5. The van der Waals surface area contributed by atoms with Crippen LogP contribution < -0.4 is 0 Å². The summed E-state index contributed by atoms with van der Waals surface area (Å²) in [5, 5.41) is 4.44. The van der Waals surface area contributed by atoms with Crippen molar-refractivity contribution in [1.29, 1.82) is 0 Å². The molecule has 0 aliphatic rings. The van der Waals surface area contributed by atoms with Crippen LogP contribution in [0.4, 0.5) is 0 Å². The number of aromatic nitrogens is 2. The first-order valence-electron chi connectivity index (χ1n) is 15.8. The van der Waals surface area contributed by atoms with E-state index >= 15 is 0 Å². The van der Waals surface area contributed by atoms with Gasteiger partial charge in [-0.3, -0.25) is 0 Å². The summed E-state index contributed by atoms with van der Waals surface area (Å²) in [5.41, 5.74) is 10.9. The van der Waals surface area contributed by atoms with Crippen LogP contribution >= 0.6 is 0 Å². The average molecular weight is 601 g/mol. The summed E-state index contributed by atoms with van der Waals surface area (Å²) in [6.45, 7) is 0. The highest BCUT2D eigenvalue weighted by atomic mass is 16.3. The minimum atomic E-state index is 0.671. The molecular formula is C44H28N2O. The predicted octanol–water partition coefficient (Wildman–Crippen LogP) is 11.9. The van der Waals surface area contributed by atoms with E-state index in [0.717, 1.165) is 66.5 Å². The van der Waals surface area contributed by atoms with Crippen LogP contribution in [0, 0.1) is 0 Å². The lowest BCUT2D eigenvalue weighted by molar-refractivity contribution is 0.670. The molecule has 220 valence electrons. The zero-order valence-corrected chi connectivity index (χ0v) is 25.5. The van der Waals surface area contributed by atoms with Gasteiger partial charge < -0.3 is 4.42 Å². The summed E-state index contributed by atoms with van der Waals surface area (Å²) >= 11 is 0. The zero-order chi connectivity index (χ0) is 31.2. The fraction of sp³-hybridized carbons (Fsp3) is 0. The van der Waals surface area contributed by atoms with E-state index < -0.39 is 0 Å². The molecule has 0 aliphatic heterocycles. The Morgan fingerprint density at radius 2 is 0.872 bits per heavy atom. The molecule has 47 heavy (non-hydrogen) atoms. The molecule has 0 N–H and O–H groups in total. The summed E-state index contributed by atoms with van der Waals surface area (Å²) in [5.74, 6) is 0.671. The molecule has 9 aromatic rings.